The number of carbonyl (C=O) groups excluding carboxylic acids is 1. The molecule has 12 heavy (non-hydrogen) atoms. The standard InChI is InChI=1S/C8H8FNO2/c9-6-3-5(8(12)4-10)1-2-7(6)11/h1-3,11H,4,10H2. The van der Waals surface area contributed by atoms with Crippen LogP contribution in [0.1, 0.15) is 10.4 Å². The van der Waals surface area contributed by atoms with Crippen molar-refractivity contribution in [3.63, 3.8) is 0 Å². The Bertz CT molecular complexity index is 312. The number of nitrogens with two attached hydrogens (primary N) is 1. The predicted octanol–water partition coefficient (Wildman–Crippen LogP) is 0.673. The van der Waals surface area contributed by atoms with Crippen LogP contribution in [0, 0.1) is 5.82 Å². The van der Waals surface area contributed by atoms with Crippen LogP contribution in [0.2, 0.25) is 0 Å². The predicted molar refractivity (Wildman–Crippen MR) is 41.4 cm³/mol. The monoisotopic (exact) mass is 169 g/mol. The summed E-state index contributed by atoms with van der Waals surface area (Å²) in [6, 6.07) is 3.41. The number of halogens is 1. The largest absolute Gasteiger partial charge is 0.505 e. The second kappa shape index (κ2) is 3.32. The lowest BCUT2D eigenvalue weighted by atomic mass is 10.1. The van der Waals surface area contributed by atoms with Gasteiger partial charge in [-0.3, -0.25) is 4.79 Å². The van der Waals surface area contributed by atoms with Crippen molar-refractivity contribution in [1.82, 2.24) is 0 Å². The molecule has 0 atom stereocenters. The van der Waals surface area contributed by atoms with E-state index < -0.39 is 11.6 Å². The van der Waals surface area contributed by atoms with E-state index in [0.29, 0.717) is 0 Å². The SMILES string of the molecule is NCC(=O)c1ccc(O)c(F)c1. The van der Waals surface area contributed by atoms with E-state index in [1.54, 1.807) is 0 Å². The molecule has 1 rings (SSSR count). The highest BCUT2D eigenvalue weighted by Gasteiger charge is 2.06. The van der Waals surface area contributed by atoms with Gasteiger partial charge in [0.2, 0.25) is 0 Å². The van der Waals surface area contributed by atoms with Gasteiger partial charge in [-0.15, -0.1) is 0 Å². The first-order chi connectivity index (χ1) is 5.65. The van der Waals surface area contributed by atoms with Crippen molar-refractivity contribution in [3.05, 3.63) is 29.6 Å². The van der Waals surface area contributed by atoms with Crippen molar-refractivity contribution in [3.8, 4) is 5.75 Å². The lowest BCUT2D eigenvalue weighted by Crippen LogP contribution is -2.13. The van der Waals surface area contributed by atoms with Crippen molar-refractivity contribution < 1.29 is 14.3 Å². The fourth-order valence-corrected chi connectivity index (χ4v) is 0.798. The van der Waals surface area contributed by atoms with Gasteiger partial charge in [0.25, 0.3) is 0 Å². The molecule has 4 heteroatoms. The van der Waals surface area contributed by atoms with E-state index in [-0.39, 0.29) is 17.9 Å². The highest BCUT2D eigenvalue weighted by atomic mass is 19.1. The second-order valence-corrected chi connectivity index (χ2v) is 2.29. The molecule has 0 aliphatic rings. The molecule has 0 fully saturated rings. The van der Waals surface area contributed by atoms with Crippen molar-refractivity contribution in [2.24, 2.45) is 5.73 Å². The van der Waals surface area contributed by atoms with Crippen molar-refractivity contribution in [2.75, 3.05) is 6.54 Å². The molecule has 64 valence electrons. The van der Waals surface area contributed by atoms with Gasteiger partial charge in [-0.1, -0.05) is 0 Å². The van der Waals surface area contributed by atoms with Crippen LogP contribution in [0.5, 0.6) is 5.75 Å². The number of hydrogen-bond donors (Lipinski definition) is 2. The Hall–Kier alpha value is -1.42. The van der Waals surface area contributed by atoms with Gasteiger partial charge in [0, 0.05) is 5.56 Å². The molecule has 0 saturated heterocycles. The van der Waals surface area contributed by atoms with Gasteiger partial charge in [0.05, 0.1) is 6.54 Å². The van der Waals surface area contributed by atoms with E-state index in [4.69, 9.17) is 10.8 Å². The van der Waals surface area contributed by atoms with Gasteiger partial charge in [-0.05, 0) is 18.2 Å². The van der Waals surface area contributed by atoms with Gasteiger partial charge < -0.3 is 10.8 Å². The molecule has 0 unspecified atom stereocenters. The molecule has 0 heterocycles. The van der Waals surface area contributed by atoms with Gasteiger partial charge >= 0.3 is 0 Å². The topological polar surface area (TPSA) is 63.3 Å². The minimum atomic E-state index is -0.811. The summed E-state index contributed by atoms with van der Waals surface area (Å²) in [5, 5.41) is 8.78. The van der Waals surface area contributed by atoms with Crippen LogP contribution in [-0.4, -0.2) is 17.4 Å². The van der Waals surface area contributed by atoms with Crippen LogP contribution in [0.15, 0.2) is 18.2 Å². The van der Waals surface area contributed by atoms with Crippen molar-refractivity contribution >= 4 is 5.78 Å². The summed E-state index contributed by atoms with van der Waals surface area (Å²) in [4.78, 5) is 10.9. The molecule has 3 nitrogen and oxygen atoms in total. The summed E-state index contributed by atoms with van der Waals surface area (Å²) in [7, 11) is 0. The number of ketones is 1. The minimum Gasteiger partial charge on any atom is -0.505 e. The molecule has 1 aromatic rings. The molecule has 0 radical (unpaired) electrons. The van der Waals surface area contributed by atoms with Crippen molar-refractivity contribution in [1.29, 1.82) is 0 Å². The van der Waals surface area contributed by atoms with Crippen LogP contribution < -0.4 is 5.73 Å². The number of carbonyl (C=O) groups is 1. The third-order valence-electron chi connectivity index (χ3n) is 1.46. The molecule has 0 aliphatic heterocycles. The average molecular weight is 169 g/mol. The van der Waals surface area contributed by atoms with Gasteiger partial charge in [0.1, 0.15) is 0 Å². The van der Waals surface area contributed by atoms with Crippen LogP contribution in [0.3, 0.4) is 0 Å². The summed E-state index contributed by atoms with van der Waals surface area (Å²) in [5.41, 5.74) is 5.23. The maximum absolute atomic E-state index is 12.6. The maximum atomic E-state index is 12.6. The van der Waals surface area contributed by atoms with Crippen LogP contribution in [-0.2, 0) is 0 Å². The Morgan fingerprint density at radius 1 is 1.58 bits per heavy atom. The second-order valence-electron chi connectivity index (χ2n) is 2.29. The first-order valence-corrected chi connectivity index (χ1v) is 3.37. The summed E-state index contributed by atoms with van der Waals surface area (Å²) in [6.45, 7) is -0.162. The van der Waals surface area contributed by atoms with E-state index in [1.807, 2.05) is 0 Å². The van der Waals surface area contributed by atoms with E-state index in [9.17, 15) is 9.18 Å². The van der Waals surface area contributed by atoms with Crippen molar-refractivity contribution in [2.45, 2.75) is 0 Å². The highest BCUT2D eigenvalue weighted by molar-refractivity contribution is 5.97. The number of rotatable bonds is 2. The highest BCUT2D eigenvalue weighted by Crippen LogP contribution is 2.15. The first-order valence-electron chi connectivity index (χ1n) is 3.37. The quantitative estimate of drug-likeness (QED) is 0.639. The molecule has 0 aromatic heterocycles. The fraction of sp³-hybridized carbons (Fsp3) is 0.125. The Kier molecular flexibility index (Phi) is 2.40. The van der Waals surface area contributed by atoms with E-state index in [1.165, 1.54) is 6.07 Å². The minimum absolute atomic E-state index is 0.162. The van der Waals surface area contributed by atoms with Gasteiger partial charge in [0.15, 0.2) is 17.3 Å². The van der Waals surface area contributed by atoms with E-state index in [0.717, 1.165) is 12.1 Å². The third-order valence-corrected chi connectivity index (χ3v) is 1.46. The van der Waals surface area contributed by atoms with Gasteiger partial charge in [-0.25, -0.2) is 4.39 Å². The van der Waals surface area contributed by atoms with Crippen LogP contribution in [0.25, 0.3) is 0 Å². The molecule has 0 spiro atoms. The molecular weight excluding hydrogens is 161 g/mol. The van der Waals surface area contributed by atoms with Crippen LogP contribution in [0.4, 0.5) is 4.39 Å². The Labute approximate surface area is 68.6 Å². The number of aromatic hydroxyl groups is 1. The number of benzene rings is 1. The molecule has 0 aliphatic carbocycles. The molecular formula is C8H8FNO2. The average Bonchev–Trinajstić information content (AvgIpc) is 2.08. The lowest BCUT2D eigenvalue weighted by Gasteiger charge is -1.98. The molecule has 0 saturated carbocycles. The van der Waals surface area contributed by atoms with Crippen LogP contribution >= 0.6 is 0 Å². The number of phenolic OH excluding ortho intramolecular Hbond substituents is 1. The lowest BCUT2D eigenvalue weighted by molar-refractivity contribution is 0.100. The maximum Gasteiger partial charge on any atom is 0.176 e. The zero-order chi connectivity index (χ0) is 9.14. The van der Waals surface area contributed by atoms with E-state index >= 15 is 0 Å². The summed E-state index contributed by atoms with van der Waals surface area (Å²) < 4.78 is 12.6. The smallest absolute Gasteiger partial charge is 0.176 e. The number of phenols is 1. The first kappa shape index (κ1) is 8.67. The number of Topliss-reactive ketones (excluding diaryl/α,β-unsaturated/α-hetero) is 1. The van der Waals surface area contributed by atoms with E-state index in [2.05, 4.69) is 0 Å². The molecule has 0 bridgehead atoms. The molecule has 1 aromatic carbocycles. The Morgan fingerprint density at radius 2 is 2.25 bits per heavy atom. The number of hydrogen-bond acceptors (Lipinski definition) is 3. The zero-order valence-corrected chi connectivity index (χ0v) is 6.25. The fourth-order valence-electron chi connectivity index (χ4n) is 0.798. The normalized spacial score (nSPS) is 9.83. The third kappa shape index (κ3) is 1.60. The summed E-state index contributed by atoms with van der Waals surface area (Å²) in [5.74, 6) is -1.63. The van der Waals surface area contributed by atoms with Gasteiger partial charge in [-0.2, -0.15) is 0 Å². The molecule has 0 amide bonds. The molecule has 3 N–H and O–H groups in total. The Balaban J connectivity index is 3.05. The summed E-state index contributed by atoms with van der Waals surface area (Å²) in [6.07, 6.45) is 0. The Morgan fingerprint density at radius 3 is 2.75 bits per heavy atom. The zero-order valence-electron chi connectivity index (χ0n) is 6.25. The summed E-state index contributed by atoms with van der Waals surface area (Å²) >= 11 is 0.